The van der Waals surface area contributed by atoms with Crippen LogP contribution in [0.3, 0.4) is 0 Å². The largest absolute Gasteiger partial charge is 0.464 e. The summed E-state index contributed by atoms with van der Waals surface area (Å²) in [5, 5.41) is 3.25. The molecule has 2 rings (SSSR count). The van der Waals surface area contributed by atoms with Gasteiger partial charge in [0, 0.05) is 19.1 Å². The number of hydrogen-bond donors (Lipinski definition) is 2. The second kappa shape index (κ2) is 7.67. The smallest absolute Gasteiger partial charge is 0.358 e. The quantitative estimate of drug-likeness (QED) is 0.668. The van der Waals surface area contributed by atoms with Crippen LogP contribution in [-0.4, -0.2) is 59.8 Å². The topological polar surface area (TPSA) is 107 Å². The first kappa shape index (κ1) is 18.3. The number of sulfonamides is 1. The zero-order valence-corrected chi connectivity index (χ0v) is 14.8. The lowest BCUT2D eigenvalue weighted by Crippen LogP contribution is -2.47. The highest BCUT2D eigenvalue weighted by Crippen LogP contribution is 2.29. The highest BCUT2D eigenvalue weighted by molar-refractivity contribution is 7.91. The molecule has 23 heavy (non-hydrogen) atoms. The Balaban J connectivity index is 2.15. The van der Waals surface area contributed by atoms with E-state index in [0.717, 1.165) is 37.3 Å². The fourth-order valence-electron chi connectivity index (χ4n) is 2.61. The van der Waals surface area contributed by atoms with Crippen LogP contribution < -0.4 is 10.0 Å². The molecular formula is C13H21N3O5S2. The van der Waals surface area contributed by atoms with Crippen LogP contribution in [0.4, 0.5) is 0 Å². The van der Waals surface area contributed by atoms with Crippen LogP contribution >= 0.6 is 11.3 Å². The van der Waals surface area contributed by atoms with Crippen LogP contribution in [-0.2, 0) is 19.5 Å². The summed E-state index contributed by atoms with van der Waals surface area (Å²) in [5.41, 5.74) is 0.885. The number of aromatic nitrogens is 1. The van der Waals surface area contributed by atoms with Crippen LogP contribution in [0.25, 0.3) is 0 Å². The summed E-state index contributed by atoms with van der Waals surface area (Å²) in [4.78, 5) is 15.4. The summed E-state index contributed by atoms with van der Waals surface area (Å²) in [6.45, 7) is 2.37. The van der Waals surface area contributed by atoms with Crippen molar-refractivity contribution in [1.82, 2.24) is 15.0 Å². The number of nitrogens with one attached hydrogen (secondary N) is 2. The minimum Gasteiger partial charge on any atom is -0.464 e. The SMILES string of the molecule is COCC1(CNS(=O)(=O)c2scnc2C(=O)OC)CCNCC1. The molecule has 130 valence electrons. The lowest BCUT2D eigenvalue weighted by atomic mass is 9.80. The predicted molar refractivity (Wildman–Crippen MR) is 85.1 cm³/mol. The molecule has 1 aromatic heterocycles. The van der Waals surface area contributed by atoms with Crippen molar-refractivity contribution in [2.75, 3.05) is 40.5 Å². The van der Waals surface area contributed by atoms with Gasteiger partial charge in [-0.05, 0) is 25.9 Å². The molecule has 1 aliphatic rings. The van der Waals surface area contributed by atoms with Gasteiger partial charge in [-0.25, -0.2) is 22.9 Å². The van der Waals surface area contributed by atoms with E-state index in [1.165, 1.54) is 12.6 Å². The zero-order chi connectivity index (χ0) is 16.9. The van der Waals surface area contributed by atoms with Crippen molar-refractivity contribution in [2.45, 2.75) is 17.1 Å². The van der Waals surface area contributed by atoms with E-state index in [9.17, 15) is 13.2 Å². The Morgan fingerprint density at radius 2 is 2.13 bits per heavy atom. The maximum absolute atomic E-state index is 12.5. The summed E-state index contributed by atoms with van der Waals surface area (Å²) in [7, 11) is -1.03. The van der Waals surface area contributed by atoms with Gasteiger partial charge >= 0.3 is 5.97 Å². The van der Waals surface area contributed by atoms with Gasteiger partial charge < -0.3 is 14.8 Å². The van der Waals surface area contributed by atoms with E-state index in [0.29, 0.717) is 6.61 Å². The minimum absolute atomic E-state index is 0.120. The summed E-state index contributed by atoms with van der Waals surface area (Å²) in [6.07, 6.45) is 1.63. The molecule has 1 saturated heterocycles. The molecule has 10 heteroatoms. The van der Waals surface area contributed by atoms with E-state index in [-0.39, 0.29) is 21.9 Å². The Labute approximate surface area is 139 Å². The first-order valence-corrected chi connectivity index (χ1v) is 9.51. The van der Waals surface area contributed by atoms with Gasteiger partial charge in [-0.1, -0.05) is 0 Å². The van der Waals surface area contributed by atoms with Gasteiger partial charge in [-0.3, -0.25) is 0 Å². The normalized spacial score (nSPS) is 17.8. The highest BCUT2D eigenvalue weighted by Gasteiger charge is 2.35. The second-order valence-electron chi connectivity index (χ2n) is 5.49. The zero-order valence-electron chi connectivity index (χ0n) is 13.1. The molecular weight excluding hydrogens is 342 g/mol. The first-order valence-electron chi connectivity index (χ1n) is 7.15. The van der Waals surface area contributed by atoms with Gasteiger partial charge in [0.2, 0.25) is 0 Å². The van der Waals surface area contributed by atoms with Gasteiger partial charge in [0.15, 0.2) is 9.90 Å². The maximum Gasteiger partial charge on any atom is 0.358 e. The van der Waals surface area contributed by atoms with E-state index in [1.807, 2.05) is 0 Å². The van der Waals surface area contributed by atoms with Gasteiger partial charge in [0.1, 0.15) is 0 Å². The number of piperidine rings is 1. The molecule has 2 heterocycles. The standard InChI is InChI=1S/C13H21N3O5S2/c1-20-8-13(3-5-14-6-4-13)7-16-23(18,19)12-10(11(17)21-2)15-9-22-12/h9,14,16H,3-8H2,1-2H3. The molecule has 0 amide bonds. The van der Waals surface area contributed by atoms with E-state index in [2.05, 4.69) is 19.8 Å². The van der Waals surface area contributed by atoms with Crippen molar-refractivity contribution in [1.29, 1.82) is 0 Å². The molecule has 0 aliphatic carbocycles. The van der Waals surface area contributed by atoms with Crippen LogP contribution in [0.5, 0.6) is 0 Å². The Kier molecular flexibility index (Phi) is 6.09. The molecule has 0 saturated carbocycles. The average molecular weight is 363 g/mol. The monoisotopic (exact) mass is 363 g/mol. The first-order chi connectivity index (χ1) is 10.9. The number of methoxy groups -OCH3 is 2. The Morgan fingerprint density at radius 1 is 1.43 bits per heavy atom. The Bertz CT molecular complexity index is 632. The van der Waals surface area contributed by atoms with E-state index in [4.69, 9.17) is 4.74 Å². The molecule has 0 radical (unpaired) electrons. The summed E-state index contributed by atoms with van der Waals surface area (Å²) in [5.74, 6) is -0.764. The fourth-order valence-corrected chi connectivity index (χ4v) is 4.94. The number of nitrogens with zero attached hydrogens (tertiary/aromatic N) is 1. The van der Waals surface area contributed by atoms with E-state index in [1.54, 1.807) is 7.11 Å². The Hall–Kier alpha value is -1.07. The number of thiazole rings is 1. The van der Waals surface area contributed by atoms with Crippen LogP contribution in [0, 0.1) is 5.41 Å². The molecule has 2 N–H and O–H groups in total. The second-order valence-corrected chi connectivity index (χ2v) is 8.30. The number of hydrogen-bond acceptors (Lipinski definition) is 8. The number of carbonyl (C=O) groups is 1. The fraction of sp³-hybridized carbons (Fsp3) is 0.692. The molecule has 0 aromatic carbocycles. The number of carbonyl (C=O) groups excluding carboxylic acids is 1. The van der Waals surface area contributed by atoms with Crippen LogP contribution in [0.1, 0.15) is 23.3 Å². The highest BCUT2D eigenvalue weighted by atomic mass is 32.2. The molecule has 1 aromatic rings. The third kappa shape index (κ3) is 4.27. The minimum atomic E-state index is -3.83. The summed E-state index contributed by atoms with van der Waals surface area (Å²) < 4.78 is 37.4. The van der Waals surface area contributed by atoms with Gasteiger partial charge in [-0.15, -0.1) is 11.3 Å². The van der Waals surface area contributed by atoms with E-state index < -0.39 is 16.0 Å². The van der Waals surface area contributed by atoms with Gasteiger partial charge in [0.25, 0.3) is 10.0 Å². The van der Waals surface area contributed by atoms with Crippen molar-refractivity contribution in [3.05, 3.63) is 11.2 Å². The molecule has 0 bridgehead atoms. The molecule has 0 atom stereocenters. The number of esters is 1. The third-order valence-corrected chi connectivity index (χ3v) is 6.68. The van der Waals surface area contributed by atoms with Gasteiger partial charge in [0.05, 0.1) is 19.2 Å². The molecule has 0 unspecified atom stereocenters. The number of rotatable bonds is 7. The van der Waals surface area contributed by atoms with Crippen LogP contribution in [0.2, 0.25) is 0 Å². The van der Waals surface area contributed by atoms with Crippen LogP contribution in [0.15, 0.2) is 9.72 Å². The average Bonchev–Trinajstić information content (AvgIpc) is 3.04. The van der Waals surface area contributed by atoms with Gasteiger partial charge in [-0.2, -0.15) is 0 Å². The Morgan fingerprint density at radius 3 is 2.74 bits per heavy atom. The predicted octanol–water partition coefficient (Wildman–Crippen LogP) is 0.224. The van der Waals surface area contributed by atoms with E-state index >= 15 is 0 Å². The summed E-state index contributed by atoms with van der Waals surface area (Å²) >= 11 is 0.893. The lowest BCUT2D eigenvalue weighted by molar-refractivity contribution is 0.0575. The van der Waals surface area contributed by atoms with Crippen molar-refractivity contribution in [3.63, 3.8) is 0 Å². The van der Waals surface area contributed by atoms with Crippen molar-refractivity contribution in [3.8, 4) is 0 Å². The number of ether oxygens (including phenoxy) is 2. The molecule has 8 nitrogen and oxygen atoms in total. The van der Waals surface area contributed by atoms with Crippen molar-refractivity contribution < 1.29 is 22.7 Å². The molecule has 1 aliphatic heterocycles. The molecule has 0 spiro atoms. The summed E-state index contributed by atoms with van der Waals surface area (Å²) in [6, 6.07) is 0. The third-order valence-electron chi connectivity index (χ3n) is 3.91. The van der Waals surface area contributed by atoms with Crippen molar-refractivity contribution >= 4 is 27.3 Å². The lowest BCUT2D eigenvalue weighted by Gasteiger charge is -2.37. The maximum atomic E-state index is 12.5. The van der Waals surface area contributed by atoms with Crippen molar-refractivity contribution in [2.24, 2.45) is 5.41 Å². The molecule has 1 fully saturated rings.